The van der Waals surface area contributed by atoms with Gasteiger partial charge < -0.3 is 31.9 Å². The zero-order valence-corrected chi connectivity index (χ0v) is 21.3. The van der Waals surface area contributed by atoms with Crippen LogP contribution in [-0.2, 0) is 0 Å². The van der Waals surface area contributed by atoms with Crippen LogP contribution in [0.25, 0.3) is 0 Å². The van der Waals surface area contributed by atoms with Crippen LogP contribution < -0.4 is 31.9 Å². The fraction of sp³-hybridized carbons (Fsp3) is 0.905. The van der Waals surface area contributed by atoms with Gasteiger partial charge in [-0.2, -0.15) is 0 Å². The van der Waals surface area contributed by atoms with Crippen LogP contribution >= 0.6 is 24.8 Å². The number of nitrogens with one attached hydrogen (secondary N) is 6. The fourth-order valence-electron chi connectivity index (χ4n) is 2.71. The van der Waals surface area contributed by atoms with Gasteiger partial charge in [-0.05, 0) is 64.7 Å². The molecule has 188 valence electrons. The second-order valence-electron chi connectivity index (χ2n) is 7.34. The number of unbranched alkanes of at least 4 members (excludes halogenated alkanes) is 4. The van der Waals surface area contributed by atoms with Crippen LogP contribution in [0, 0.1) is 0 Å². The summed E-state index contributed by atoms with van der Waals surface area (Å²) in [7, 11) is 0. The van der Waals surface area contributed by atoms with E-state index in [0.29, 0.717) is 0 Å². The highest BCUT2D eigenvalue weighted by molar-refractivity contribution is 5.85. The lowest BCUT2D eigenvalue weighted by atomic mass is 10.1. The Kier molecular flexibility index (Phi) is 32.5. The van der Waals surface area contributed by atoms with Crippen molar-refractivity contribution >= 4 is 36.9 Å². The van der Waals surface area contributed by atoms with E-state index >= 15 is 0 Å². The molecule has 10 heteroatoms. The summed E-state index contributed by atoms with van der Waals surface area (Å²) in [4.78, 5) is 22.7. The van der Waals surface area contributed by atoms with Crippen molar-refractivity contribution in [2.75, 3.05) is 52.4 Å². The summed E-state index contributed by atoms with van der Waals surface area (Å²) in [5.74, 6) is 0. The third kappa shape index (κ3) is 29.0. The third-order valence-corrected chi connectivity index (χ3v) is 4.41. The average molecular weight is 488 g/mol. The van der Waals surface area contributed by atoms with E-state index < -0.39 is 0 Å². The number of hydrogen-bond donors (Lipinski definition) is 6. The van der Waals surface area contributed by atoms with Gasteiger partial charge in [0.2, 0.25) is 0 Å². The molecule has 0 aromatic carbocycles. The molecule has 4 amide bonds. The molecule has 6 N–H and O–H groups in total. The first kappa shape index (κ1) is 34.6. The third-order valence-electron chi connectivity index (χ3n) is 4.41. The number of halogens is 2. The standard InChI is InChI=1S/C21H46N6O2.2ClH/c1-3-12-24-20(28)26-18-10-16-22-14-8-6-5-7-9-15-23-17-11-19-27-21(29)25-13-4-2;;/h22-23H,3-19H2,1-2H3,(H2,24,26,28)(H2,25,27,29);2*1H. The predicted molar refractivity (Wildman–Crippen MR) is 136 cm³/mol. The van der Waals surface area contributed by atoms with E-state index in [9.17, 15) is 9.59 Å². The maximum atomic E-state index is 11.3. The van der Waals surface area contributed by atoms with E-state index in [4.69, 9.17) is 0 Å². The van der Waals surface area contributed by atoms with Gasteiger partial charge >= 0.3 is 12.1 Å². The molecule has 0 unspecified atom stereocenters. The van der Waals surface area contributed by atoms with Crippen LogP contribution in [0.5, 0.6) is 0 Å². The van der Waals surface area contributed by atoms with E-state index in [1.54, 1.807) is 0 Å². The molecular formula is C21H48Cl2N6O2. The molecule has 0 fully saturated rings. The van der Waals surface area contributed by atoms with Gasteiger partial charge in [0.15, 0.2) is 0 Å². The second-order valence-corrected chi connectivity index (χ2v) is 7.34. The first-order valence-corrected chi connectivity index (χ1v) is 11.7. The highest BCUT2D eigenvalue weighted by Crippen LogP contribution is 2.01. The van der Waals surface area contributed by atoms with Crippen LogP contribution in [0.15, 0.2) is 0 Å². The molecule has 0 bridgehead atoms. The highest BCUT2D eigenvalue weighted by atomic mass is 35.5. The molecule has 0 saturated heterocycles. The van der Waals surface area contributed by atoms with Crippen molar-refractivity contribution < 1.29 is 9.59 Å². The van der Waals surface area contributed by atoms with Crippen LogP contribution in [0.1, 0.15) is 71.6 Å². The Hall–Kier alpha value is -0.960. The number of rotatable bonds is 20. The maximum absolute atomic E-state index is 11.3. The van der Waals surface area contributed by atoms with Crippen molar-refractivity contribution in [2.24, 2.45) is 0 Å². The van der Waals surface area contributed by atoms with E-state index in [1.807, 2.05) is 13.8 Å². The van der Waals surface area contributed by atoms with E-state index in [1.165, 1.54) is 32.1 Å². The van der Waals surface area contributed by atoms with Crippen LogP contribution in [0.2, 0.25) is 0 Å². The summed E-state index contributed by atoms with van der Waals surface area (Å²) in [5.41, 5.74) is 0. The molecule has 0 heterocycles. The molecule has 0 aliphatic carbocycles. The zero-order chi connectivity index (χ0) is 21.4. The molecular weight excluding hydrogens is 439 g/mol. The number of hydrogen-bond acceptors (Lipinski definition) is 4. The van der Waals surface area contributed by atoms with Crippen molar-refractivity contribution in [1.29, 1.82) is 0 Å². The Morgan fingerprint density at radius 2 is 0.774 bits per heavy atom. The minimum absolute atomic E-state index is 0. The van der Waals surface area contributed by atoms with Gasteiger partial charge in [0.1, 0.15) is 0 Å². The van der Waals surface area contributed by atoms with Gasteiger partial charge in [-0.15, -0.1) is 24.8 Å². The lowest BCUT2D eigenvalue weighted by Crippen LogP contribution is -2.37. The Morgan fingerprint density at radius 3 is 1.16 bits per heavy atom. The van der Waals surface area contributed by atoms with Gasteiger partial charge in [-0.3, -0.25) is 0 Å². The summed E-state index contributed by atoms with van der Waals surface area (Å²) in [6.07, 6.45) is 10.1. The van der Waals surface area contributed by atoms with Crippen LogP contribution in [0.3, 0.4) is 0 Å². The van der Waals surface area contributed by atoms with Gasteiger partial charge in [0.25, 0.3) is 0 Å². The number of carbonyl (C=O) groups is 2. The maximum Gasteiger partial charge on any atom is 0.314 e. The van der Waals surface area contributed by atoms with E-state index in [2.05, 4.69) is 31.9 Å². The minimum atomic E-state index is -0.0622. The predicted octanol–water partition coefficient (Wildman–Crippen LogP) is 3.16. The number of urea groups is 2. The van der Waals surface area contributed by atoms with Gasteiger partial charge in [-0.25, -0.2) is 9.59 Å². The van der Waals surface area contributed by atoms with Crippen molar-refractivity contribution in [3.63, 3.8) is 0 Å². The first-order chi connectivity index (χ1) is 14.2. The fourth-order valence-corrected chi connectivity index (χ4v) is 2.71. The topological polar surface area (TPSA) is 106 Å². The molecule has 0 aliphatic heterocycles. The number of amides is 4. The van der Waals surface area contributed by atoms with Crippen molar-refractivity contribution in [3.8, 4) is 0 Å². The first-order valence-electron chi connectivity index (χ1n) is 11.7. The zero-order valence-electron chi connectivity index (χ0n) is 19.7. The number of carbonyl (C=O) groups excluding carboxylic acids is 2. The Labute approximate surface area is 202 Å². The Bertz CT molecular complexity index is 359. The minimum Gasteiger partial charge on any atom is -0.338 e. The molecule has 0 spiro atoms. The van der Waals surface area contributed by atoms with Gasteiger partial charge in [0.05, 0.1) is 0 Å². The summed E-state index contributed by atoms with van der Waals surface area (Å²) in [6.45, 7) is 11.0. The van der Waals surface area contributed by atoms with E-state index in [0.717, 1.165) is 78.0 Å². The molecule has 31 heavy (non-hydrogen) atoms. The highest BCUT2D eigenvalue weighted by Gasteiger charge is 1.98. The van der Waals surface area contributed by atoms with Gasteiger partial charge in [-0.1, -0.05) is 33.1 Å². The molecule has 0 rings (SSSR count). The van der Waals surface area contributed by atoms with Gasteiger partial charge in [0, 0.05) is 26.2 Å². The largest absolute Gasteiger partial charge is 0.338 e. The molecule has 0 atom stereocenters. The lowest BCUT2D eigenvalue weighted by molar-refractivity contribution is 0.240. The molecule has 0 saturated carbocycles. The second kappa shape index (κ2) is 29.0. The summed E-state index contributed by atoms with van der Waals surface area (Å²) < 4.78 is 0. The lowest BCUT2D eigenvalue weighted by Gasteiger charge is -2.08. The summed E-state index contributed by atoms with van der Waals surface area (Å²) in [6, 6.07) is -0.124. The molecule has 0 aromatic heterocycles. The monoisotopic (exact) mass is 486 g/mol. The summed E-state index contributed by atoms with van der Waals surface area (Å²) >= 11 is 0. The molecule has 0 aliphatic rings. The average Bonchev–Trinajstić information content (AvgIpc) is 2.72. The quantitative estimate of drug-likeness (QED) is 0.148. The summed E-state index contributed by atoms with van der Waals surface area (Å²) in [5, 5.41) is 18.2. The molecule has 0 radical (unpaired) electrons. The smallest absolute Gasteiger partial charge is 0.314 e. The van der Waals surface area contributed by atoms with Crippen molar-refractivity contribution in [1.82, 2.24) is 31.9 Å². The Morgan fingerprint density at radius 1 is 0.452 bits per heavy atom. The normalized spacial score (nSPS) is 9.87. The molecule has 0 aromatic rings. The SMILES string of the molecule is CCCNC(=O)NCCCNCCCCCCCNCCCNC(=O)NCCC.Cl.Cl. The van der Waals surface area contributed by atoms with Crippen molar-refractivity contribution in [2.45, 2.75) is 71.6 Å². The van der Waals surface area contributed by atoms with Crippen molar-refractivity contribution in [3.05, 3.63) is 0 Å². The van der Waals surface area contributed by atoms with Crippen LogP contribution in [0.4, 0.5) is 9.59 Å². The molecule has 8 nitrogen and oxygen atoms in total. The Balaban J connectivity index is -0.00000392. The van der Waals surface area contributed by atoms with E-state index in [-0.39, 0.29) is 36.9 Å². The van der Waals surface area contributed by atoms with Crippen LogP contribution in [-0.4, -0.2) is 64.4 Å².